The predicted octanol–water partition coefficient (Wildman–Crippen LogP) is 16.2. The number of hydrogen-bond donors (Lipinski definition) is 1. The van der Waals surface area contributed by atoms with Gasteiger partial charge >= 0.3 is 0 Å². The first-order valence-corrected chi connectivity index (χ1v) is 18.3. The number of hydrogen-bond acceptors (Lipinski definition) is 1. The van der Waals surface area contributed by atoms with Crippen LogP contribution >= 0.6 is 0 Å². The lowest BCUT2D eigenvalue weighted by Crippen LogP contribution is -2.02. The summed E-state index contributed by atoms with van der Waals surface area (Å²) in [6.07, 6.45) is 22.2. The maximum absolute atomic E-state index is 4.11. The quantitative estimate of drug-likeness (QED) is 0.199. The van der Waals surface area contributed by atoms with Gasteiger partial charge in [-0.25, -0.2) is 0 Å². The molecular weight excluding hydrogens is 579 g/mol. The second kappa shape index (κ2) is 36.5. The Morgan fingerprint density at radius 3 is 1.81 bits per heavy atom. The molecule has 1 N–H and O–H groups in total. The minimum absolute atomic E-state index is 0. The molecule has 1 aliphatic carbocycles. The van der Waals surface area contributed by atoms with Crippen molar-refractivity contribution in [1.29, 1.82) is 0 Å². The zero-order valence-corrected chi connectivity index (χ0v) is 32.6. The molecule has 2 aromatic carbocycles. The van der Waals surface area contributed by atoms with Crippen LogP contribution in [-0.2, 0) is 6.42 Å². The molecule has 1 heteroatoms. The van der Waals surface area contributed by atoms with Crippen LogP contribution < -0.4 is 5.32 Å². The Labute approximate surface area is 302 Å². The molecule has 0 saturated heterocycles. The van der Waals surface area contributed by atoms with Crippen LogP contribution in [0.5, 0.6) is 0 Å². The van der Waals surface area contributed by atoms with Gasteiger partial charge in [0, 0.05) is 11.4 Å². The Kier molecular flexibility index (Phi) is 39.2. The van der Waals surface area contributed by atoms with Crippen LogP contribution in [0.2, 0.25) is 0 Å². The van der Waals surface area contributed by atoms with E-state index >= 15 is 0 Å². The third kappa shape index (κ3) is 25.7. The Morgan fingerprint density at radius 1 is 0.750 bits per heavy atom. The molecule has 1 atom stereocenters. The summed E-state index contributed by atoms with van der Waals surface area (Å²) in [5.41, 5.74) is 9.72. The first-order valence-electron chi connectivity index (χ1n) is 18.3. The lowest BCUT2D eigenvalue weighted by Gasteiger charge is -2.14. The van der Waals surface area contributed by atoms with Crippen LogP contribution in [0.4, 0.5) is 5.69 Å². The summed E-state index contributed by atoms with van der Waals surface area (Å²) in [4.78, 5) is 0. The van der Waals surface area contributed by atoms with Gasteiger partial charge in [0.1, 0.15) is 0 Å². The van der Waals surface area contributed by atoms with Gasteiger partial charge in [0.25, 0.3) is 0 Å². The lowest BCUT2D eigenvalue weighted by molar-refractivity contribution is 0.417. The van der Waals surface area contributed by atoms with Gasteiger partial charge in [-0.2, -0.15) is 0 Å². The number of benzene rings is 2. The summed E-state index contributed by atoms with van der Waals surface area (Å²) in [7, 11) is 0. The minimum Gasteiger partial charge on any atom is -0.356 e. The van der Waals surface area contributed by atoms with Crippen molar-refractivity contribution in [1.82, 2.24) is 0 Å². The van der Waals surface area contributed by atoms with Gasteiger partial charge in [-0.3, -0.25) is 0 Å². The second-order valence-electron chi connectivity index (χ2n) is 12.0. The molecule has 3 rings (SSSR count). The molecule has 0 amide bonds. The first kappa shape index (κ1) is 51.5. The maximum atomic E-state index is 4.11. The van der Waals surface area contributed by atoms with Gasteiger partial charge in [0.2, 0.25) is 0 Å². The molecule has 0 spiro atoms. The van der Waals surface area contributed by atoms with Crippen LogP contribution in [0.15, 0.2) is 111 Å². The summed E-state index contributed by atoms with van der Waals surface area (Å²) in [5.74, 6) is 1.02. The molecule has 0 bridgehead atoms. The molecule has 1 aliphatic rings. The van der Waals surface area contributed by atoms with Crippen molar-refractivity contribution in [3.63, 3.8) is 0 Å². The highest BCUT2D eigenvalue weighted by molar-refractivity contribution is 5.69. The normalized spacial score (nSPS) is 10.9. The van der Waals surface area contributed by atoms with Crippen molar-refractivity contribution in [3.05, 3.63) is 134 Å². The van der Waals surface area contributed by atoms with Gasteiger partial charge in [-0.15, -0.1) is 26.3 Å². The Hall–Kier alpha value is -3.32. The summed E-state index contributed by atoms with van der Waals surface area (Å²) in [6, 6.07) is 15.0. The second-order valence-corrected chi connectivity index (χ2v) is 12.0. The fourth-order valence-electron chi connectivity index (χ4n) is 4.65. The molecule has 48 heavy (non-hydrogen) atoms. The van der Waals surface area contributed by atoms with Crippen LogP contribution in [-0.4, -0.2) is 0 Å². The Morgan fingerprint density at radius 2 is 1.35 bits per heavy atom. The summed E-state index contributed by atoms with van der Waals surface area (Å²) in [6.45, 7) is 39.9. The van der Waals surface area contributed by atoms with Crippen molar-refractivity contribution < 1.29 is 0 Å². The van der Waals surface area contributed by atoms with E-state index in [9.17, 15) is 0 Å². The predicted molar refractivity (Wildman–Crippen MR) is 228 cm³/mol. The summed E-state index contributed by atoms with van der Waals surface area (Å²) in [5, 5.41) is 3.40. The minimum atomic E-state index is 0. The van der Waals surface area contributed by atoms with E-state index in [4.69, 9.17) is 0 Å². The molecule has 0 fully saturated rings. The van der Waals surface area contributed by atoms with Gasteiger partial charge in [0.05, 0.1) is 0 Å². The number of nitrogens with one attached hydrogen (secondary N) is 1. The molecule has 0 radical (unpaired) electrons. The van der Waals surface area contributed by atoms with E-state index in [1.54, 1.807) is 0 Å². The largest absolute Gasteiger partial charge is 0.356 e. The first-order chi connectivity index (χ1) is 22.7. The van der Waals surface area contributed by atoms with Crippen LogP contribution in [0.25, 0.3) is 5.57 Å². The summed E-state index contributed by atoms with van der Waals surface area (Å²) >= 11 is 0. The highest BCUT2D eigenvalue weighted by atomic mass is 14.9. The van der Waals surface area contributed by atoms with Gasteiger partial charge < -0.3 is 5.32 Å². The number of unbranched alkanes of at least 4 members (excludes halogenated alkanes) is 3. The van der Waals surface area contributed by atoms with Crippen molar-refractivity contribution in [2.75, 3.05) is 5.32 Å². The topological polar surface area (TPSA) is 12.0 Å². The maximum Gasteiger partial charge on any atom is 0.0419 e. The highest BCUT2D eigenvalue weighted by Crippen LogP contribution is 2.26. The highest BCUT2D eigenvalue weighted by Gasteiger charge is 2.07. The van der Waals surface area contributed by atoms with E-state index in [0.717, 1.165) is 34.9 Å². The molecule has 1 nitrogen and oxygen atoms in total. The number of allylic oxidation sites excluding steroid dienone is 5. The average molecular weight is 658 g/mol. The van der Waals surface area contributed by atoms with Crippen molar-refractivity contribution in [3.8, 4) is 0 Å². The van der Waals surface area contributed by atoms with Crippen molar-refractivity contribution >= 4 is 11.3 Å². The Bertz CT molecular complexity index is 1110. The fourth-order valence-corrected chi connectivity index (χ4v) is 4.65. The SMILES string of the molecule is C.C=C.C=C.C=C(Nc1cc(C(=C)C)ccc1C)C1=CC=CC1.CCCC.CCCCC(CC)CCC.CCCCc1ccccc1C. The van der Waals surface area contributed by atoms with E-state index < -0.39 is 0 Å². The molecular formula is C47H79N. The van der Waals surface area contributed by atoms with Crippen molar-refractivity contribution in [2.24, 2.45) is 5.92 Å². The average Bonchev–Trinajstić information content (AvgIpc) is 3.65. The monoisotopic (exact) mass is 658 g/mol. The molecule has 0 aromatic heterocycles. The summed E-state index contributed by atoms with van der Waals surface area (Å²) < 4.78 is 0. The van der Waals surface area contributed by atoms with Crippen LogP contribution in [0, 0.1) is 19.8 Å². The Balaban J connectivity index is -0.000000281. The third-order valence-corrected chi connectivity index (χ3v) is 7.98. The smallest absolute Gasteiger partial charge is 0.0419 e. The van der Waals surface area contributed by atoms with Crippen molar-refractivity contribution in [2.45, 2.75) is 147 Å². The van der Waals surface area contributed by atoms with E-state index in [-0.39, 0.29) is 7.43 Å². The van der Waals surface area contributed by atoms with Crippen LogP contribution in [0.3, 0.4) is 0 Å². The number of aryl methyl sites for hydroxylation is 3. The molecule has 272 valence electrons. The van der Waals surface area contributed by atoms with E-state index in [0.29, 0.717) is 0 Å². The van der Waals surface area contributed by atoms with Gasteiger partial charge in [-0.1, -0.05) is 180 Å². The number of rotatable bonds is 14. The van der Waals surface area contributed by atoms with E-state index in [2.05, 4.69) is 161 Å². The standard InChI is InChI=1S/C17H19N.C11H16.C10H22.C4H10.2C2H4.CH4/c1-12(2)16-10-9-13(3)17(11-16)18-14(4)15-7-5-6-8-15;1-3-4-8-11-9-6-5-7-10(11)2;1-4-7-9-10(6-3)8-5-2;1-3-4-2;2*1-2;/h5-7,9-11,18H,1,4,8H2,2-3H3;5-7,9H,3-4,8H2,1-2H3;10H,4-9H2,1-3H3;3-4H2,1-2H3;2*1-2H2;1H4. The third-order valence-electron chi connectivity index (χ3n) is 7.98. The molecule has 0 saturated carbocycles. The fraction of sp³-hybridized carbons (Fsp3) is 0.489. The molecule has 0 heterocycles. The molecule has 0 aliphatic heterocycles. The molecule has 1 unspecified atom stereocenters. The lowest BCUT2D eigenvalue weighted by atomic mass is 9.95. The zero-order chi connectivity index (χ0) is 36.5. The number of anilines is 1. The van der Waals surface area contributed by atoms with Crippen LogP contribution in [0.1, 0.15) is 149 Å². The zero-order valence-electron chi connectivity index (χ0n) is 32.6. The van der Waals surface area contributed by atoms with Gasteiger partial charge in [0.15, 0.2) is 0 Å². The molecule has 2 aromatic rings. The van der Waals surface area contributed by atoms with E-state index in [1.165, 1.54) is 92.9 Å². The van der Waals surface area contributed by atoms with E-state index in [1.807, 2.05) is 6.92 Å². The van der Waals surface area contributed by atoms with Gasteiger partial charge in [-0.05, 0) is 79.8 Å².